The Kier molecular flexibility index (Phi) is 8.44. The van der Waals surface area contributed by atoms with Crippen molar-refractivity contribution in [1.82, 2.24) is 10.6 Å². The lowest BCUT2D eigenvalue weighted by Gasteiger charge is -2.31. The molecule has 0 radical (unpaired) electrons. The van der Waals surface area contributed by atoms with Crippen LogP contribution in [0.15, 0.2) is 4.99 Å². The molecule has 2 aliphatic rings. The topological polar surface area (TPSA) is 36.4 Å². The van der Waals surface area contributed by atoms with E-state index in [4.69, 9.17) is 0 Å². The Morgan fingerprint density at radius 3 is 2.26 bits per heavy atom. The normalized spacial score (nSPS) is 31.3. The fourth-order valence-electron chi connectivity index (χ4n) is 3.34. The molecule has 2 unspecified atom stereocenters. The van der Waals surface area contributed by atoms with Crippen molar-refractivity contribution < 1.29 is 13.2 Å². The number of nitrogens with one attached hydrogen (secondary N) is 2. The minimum atomic E-state index is -4.04. The van der Waals surface area contributed by atoms with Gasteiger partial charge >= 0.3 is 6.18 Å². The molecule has 0 aliphatic heterocycles. The van der Waals surface area contributed by atoms with E-state index in [2.05, 4.69) is 22.5 Å². The summed E-state index contributed by atoms with van der Waals surface area (Å²) in [5.74, 6) is 0.388. The molecular weight excluding hydrogens is 418 g/mol. The van der Waals surface area contributed by atoms with Gasteiger partial charge in [0.2, 0.25) is 0 Å². The van der Waals surface area contributed by atoms with Crippen LogP contribution in [0.3, 0.4) is 0 Å². The second-order valence-electron chi connectivity index (χ2n) is 6.59. The van der Waals surface area contributed by atoms with Crippen molar-refractivity contribution in [2.75, 3.05) is 6.54 Å². The first kappa shape index (κ1) is 20.8. The van der Waals surface area contributed by atoms with E-state index in [0.29, 0.717) is 25.4 Å². The molecule has 0 saturated heterocycles. The van der Waals surface area contributed by atoms with E-state index in [1.165, 1.54) is 19.3 Å². The molecule has 2 atom stereocenters. The van der Waals surface area contributed by atoms with E-state index in [0.717, 1.165) is 11.9 Å². The highest BCUT2D eigenvalue weighted by Crippen LogP contribution is 2.37. The number of halogens is 4. The molecular formula is C16H29F3IN3. The maximum Gasteiger partial charge on any atom is 0.391 e. The monoisotopic (exact) mass is 447 g/mol. The molecule has 2 fully saturated rings. The zero-order valence-electron chi connectivity index (χ0n) is 14.0. The summed E-state index contributed by atoms with van der Waals surface area (Å²) in [6.45, 7) is 4.84. The third-order valence-electron chi connectivity index (χ3n) is 4.75. The predicted octanol–water partition coefficient (Wildman–Crippen LogP) is 4.47. The first-order valence-corrected chi connectivity index (χ1v) is 8.58. The van der Waals surface area contributed by atoms with Crippen LogP contribution in [0.5, 0.6) is 0 Å². The number of nitrogens with zero attached hydrogens (tertiary/aromatic N) is 1. The fourth-order valence-corrected chi connectivity index (χ4v) is 3.34. The number of rotatable bonds is 5. The van der Waals surface area contributed by atoms with Crippen LogP contribution in [0.2, 0.25) is 0 Å². The third kappa shape index (κ3) is 6.66. The van der Waals surface area contributed by atoms with Crippen LogP contribution in [0.25, 0.3) is 0 Å². The molecule has 0 heterocycles. The van der Waals surface area contributed by atoms with E-state index in [1.54, 1.807) is 0 Å². The van der Waals surface area contributed by atoms with Crippen molar-refractivity contribution in [3.8, 4) is 0 Å². The van der Waals surface area contributed by atoms with Gasteiger partial charge in [-0.2, -0.15) is 13.2 Å². The first-order valence-electron chi connectivity index (χ1n) is 8.58. The molecule has 3 nitrogen and oxygen atoms in total. The van der Waals surface area contributed by atoms with Gasteiger partial charge in [0.15, 0.2) is 5.96 Å². The number of hydrogen-bond acceptors (Lipinski definition) is 1. The molecule has 23 heavy (non-hydrogen) atoms. The van der Waals surface area contributed by atoms with Crippen LogP contribution in [-0.2, 0) is 0 Å². The molecule has 7 heteroatoms. The van der Waals surface area contributed by atoms with E-state index in [1.807, 2.05) is 6.92 Å². The van der Waals surface area contributed by atoms with Crippen LogP contribution < -0.4 is 10.6 Å². The lowest BCUT2D eigenvalue weighted by molar-refractivity contribution is -0.182. The van der Waals surface area contributed by atoms with Crippen molar-refractivity contribution in [3.05, 3.63) is 0 Å². The van der Waals surface area contributed by atoms with E-state index < -0.39 is 12.1 Å². The third-order valence-corrected chi connectivity index (χ3v) is 4.75. The highest BCUT2D eigenvalue weighted by molar-refractivity contribution is 14.0. The molecule has 0 aromatic carbocycles. The number of aliphatic imine (C=N–C) groups is 1. The van der Waals surface area contributed by atoms with Crippen molar-refractivity contribution >= 4 is 29.9 Å². The van der Waals surface area contributed by atoms with Crippen LogP contribution in [0.4, 0.5) is 13.2 Å². The van der Waals surface area contributed by atoms with Crippen LogP contribution in [-0.4, -0.2) is 30.8 Å². The maximum atomic E-state index is 12.7. The van der Waals surface area contributed by atoms with Gasteiger partial charge in [0.1, 0.15) is 0 Å². The van der Waals surface area contributed by atoms with Crippen molar-refractivity contribution in [3.63, 3.8) is 0 Å². The van der Waals surface area contributed by atoms with Crippen molar-refractivity contribution in [2.24, 2.45) is 16.8 Å². The Morgan fingerprint density at radius 2 is 1.74 bits per heavy atom. The highest BCUT2D eigenvalue weighted by Gasteiger charge is 2.42. The summed E-state index contributed by atoms with van der Waals surface area (Å²) < 4.78 is 38.1. The van der Waals surface area contributed by atoms with Crippen LogP contribution in [0.1, 0.15) is 58.8 Å². The lowest BCUT2D eigenvalue weighted by atomic mass is 9.85. The summed E-state index contributed by atoms with van der Waals surface area (Å²) in [6.07, 6.45) is 1.15. The molecule has 0 aromatic heterocycles. The molecule has 0 aromatic rings. The molecule has 2 saturated carbocycles. The summed E-state index contributed by atoms with van der Waals surface area (Å²) in [6, 6.07) is 0.601. The number of hydrogen-bond donors (Lipinski definition) is 2. The Bertz CT molecular complexity index is 379. The number of alkyl halides is 3. The first-order chi connectivity index (χ1) is 10.4. The largest absolute Gasteiger partial charge is 0.391 e. The van der Waals surface area contributed by atoms with E-state index >= 15 is 0 Å². The van der Waals surface area contributed by atoms with Crippen molar-refractivity contribution in [1.29, 1.82) is 0 Å². The number of guanidine groups is 1. The Morgan fingerprint density at radius 1 is 1.09 bits per heavy atom. The van der Waals surface area contributed by atoms with Gasteiger partial charge in [-0.1, -0.05) is 13.3 Å². The Balaban J connectivity index is 0.00000264. The summed E-state index contributed by atoms with van der Waals surface area (Å²) in [7, 11) is 0. The van der Waals surface area contributed by atoms with Crippen LogP contribution >= 0.6 is 24.0 Å². The van der Waals surface area contributed by atoms with Gasteiger partial charge in [0, 0.05) is 18.6 Å². The average Bonchev–Trinajstić information content (AvgIpc) is 3.17. The Hall–Kier alpha value is -0.210. The van der Waals surface area contributed by atoms with Gasteiger partial charge in [0.25, 0.3) is 0 Å². The summed E-state index contributed by atoms with van der Waals surface area (Å²) in [5.41, 5.74) is 0. The molecule has 2 rings (SSSR count). The quantitative estimate of drug-likeness (QED) is 0.371. The van der Waals surface area contributed by atoms with Gasteiger partial charge in [-0.25, -0.2) is 0 Å². The van der Waals surface area contributed by atoms with Crippen molar-refractivity contribution in [2.45, 2.75) is 77.1 Å². The summed E-state index contributed by atoms with van der Waals surface area (Å²) in [5, 5.41) is 6.77. The van der Waals surface area contributed by atoms with E-state index in [-0.39, 0.29) is 42.9 Å². The minimum absolute atomic E-state index is 0. The second kappa shape index (κ2) is 9.32. The summed E-state index contributed by atoms with van der Waals surface area (Å²) in [4.78, 5) is 4.43. The molecule has 0 bridgehead atoms. The van der Waals surface area contributed by atoms with Gasteiger partial charge in [-0.15, -0.1) is 24.0 Å². The molecule has 2 N–H and O–H groups in total. The van der Waals surface area contributed by atoms with Gasteiger partial charge in [-0.05, 0) is 51.4 Å². The lowest BCUT2D eigenvalue weighted by Crippen LogP contribution is -2.46. The highest BCUT2D eigenvalue weighted by atomic mass is 127. The Labute approximate surface area is 154 Å². The zero-order chi connectivity index (χ0) is 16.2. The molecule has 0 spiro atoms. The minimum Gasteiger partial charge on any atom is -0.354 e. The smallest absolute Gasteiger partial charge is 0.354 e. The SMILES string of the molecule is CCCC1CC1NC(=NCC)NC1CCC(C(F)(F)F)CC1.I. The predicted molar refractivity (Wildman–Crippen MR) is 98.3 cm³/mol. The van der Waals surface area contributed by atoms with E-state index in [9.17, 15) is 13.2 Å². The van der Waals surface area contributed by atoms with Crippen LogP contribution in [0, 0.1) is 11.8 Å². The fraction of sp³-hybridized carbons (Fsp3) is 0.938. The molecule has 2 aliphatic carbocycles. The standard InChI is InChI=1S/C16H28F3N3.HI/c1-3-5-11-10-14(11)22-15(20-4-2)21-13-8-6-12(7-9-13)16(17,18)19;/h11-14H,3-10H2,1-2H3,(H2,20,21,22);1H. The molecule has 136 valence electrons. The maximum absolute atomic E-state index is 12.7. The van der Waals surface area contributed by atoms with Gasteiger partial charge in [-0.3, -0.25) is 4.99 Å². The summed E-state index contributed by atoms with van der Waals surface area (Å²) >= 11 is 0. The average molecular weight is 447 g/mol. The zero-order valence-corrected chi connectivity index (χ0v) is 16.3. The second-order valence-corrected chi connectivity index (χ2v) is 6.59. The van der Waals surface area contributed by atoms with Gasteiger partial charge < -0.3 is 10.6 Å². The molecule has 0 amide bonds. The van der Waals surface area contributed by atoms with Gasteiger partial charge in [0.05, 0.1) is 5.92 Å².